The Balaban J connectivity index is 4.38. The number of hydrogen-bond donors (Lipinski definition) is 0. The van der Waals surface area contributed by atoms with E-state index in [1.165, 1.54) is 161 Å². The molecule has 6 nitrogen and oxygen atoms in total. The quantitative estimate of drug-likeness (QED) is 0.0262. The van der Waals surface area contributed by atoms with E-state index in [9.17, 15) is 14.4 Å². The van der Waals surface area contributed by atoms with Gasteiger partial charge in [0.15, 0.2) is 6.10 Å². The third-order valence-electron chi connectivity index (χ3n) is 12.1. The minimum absolute atomic E-state index is 0.0772. The smallest absolute Gasteiger partial charge is 0.306 e. The highest BCUT2D eigenvalue weighted by molar-refractivity contribution is 5.71. The van der Waals surface area contributed by atoms with E-state index in [0.717, 1.165) is 89.9 Å². The highest BCUT2D eigenvalue weighted by Gasteiger charge is 2.19. The molecular weight excluding hydrogens is 781 g/mol. The molecule has 0 aliphatic carbocycles. The molecule has 6 heteroatoms. The topological polar surface area (TPSA) is 78.9 Å². The van der Waals surface area contributed by atoms with Crippen LogP contribution in [0.5, 0.6) is 0 Å². The third-order valence-corrected chi connectivity index (χ3v) is 12.1. The lowest BCUT2D eigenvalue weighted by Crippen LogP contribution is -2.30. The number of carbonyl (C=O) groups is 3. The average molecular weight is 885 g/mol. The van der Waals surface area contributed by atoms with Gasteiger partial charge in [0.25, 0.3) is 0 Å². The van der Waals surface area contributed by atoms with Gasteiger partial charge in [-0.15, -0.1) is 0 Å². The number of hydrogen-bond acceptors (Lipinski definition) is 6. The highest BCUT2D eigenvalue weighted by Crippen LogP contribution is 2.16. The number of ether oxygens (including phenoxy) is 3. The molecule has 0 saturated heterocycles. The molecule has 0 fully saturated rings. The molecule has 0 rings (SSSR count). The summed E-state index contributed by atoms with van der Waals surface area (Å²) in [6, 6.07) is 0. The molecule has 0 unspecified atom stereocenters. The van der Waals surface area contributed by atoms with Crippen LogP contribution in [0.15, 0.2) is 36.5 Å². The van der Waals surface area contributed by atoms with Gasteiger partial charge in [0, 0.05) is 19.3 Å². The number of unbranched alkanes of at least 4 members (excludes halogenated alkanes) is 33. The molecule has 1 atom stereocenters. The van der Waals surface area contributed by atoms with Crippen LogP contribution in [-0.4, -0.2) is 37.2 Å². The summed E-state index contributed by atoms with van der Waals surface area (Å²) in [7, 11) is 0. The van der Waals surface area contributed by atoms with Crippen molar-refractivity contribution in [1.82, 2.24) is 0 Å². The van der Waals surface area contributed by atoms with Gasteiger partial charge in [-0.3, -0.25) is 14.4 Å². The maximum atomic E-state index is 12.8. The van der Waals surface area contributed by atoms with Crippen molar-refractivity contribution in [3.8, 4) is 0 Å². The molecule has 368 valence electrons. The van der Waals surface area contributed by atoms with Crippen LogP contribution >= 0.6 is 0 Å². The SMILES string of the molecule is CCCCC/C=C\CC=CCCCCCCCC(=O)O[C@@H](COC(=O)CCCCCCC/C=C\CCCCCCCC)COC(=O)CCCCCCCCCCCCCCCCC. The third kappa shape index (κ3) is 50.5. The first-order chi connectivity index (χ1) is 31.0. The summed E-state index contributed by atoms with van der Waals surface area (Å²) in [5.41, 5.74) is 0. The maximum absolute atomic E-state index is 12.8. The summed E-state index contributed by atoms with van der Waals surface area (Å²) in [5, 5.41) is 0. The van der Waals surface area contributed by atoms with Crippen molar-refractivity contribution in [2.45, 2.75) is 297 Å². The molecule has 0 spiro atoms. The van der Waals surface area contributed by atoms with E-state index in [1.807, 2.05) is 0 Å². The fraction of sp³-hybridized carbons (Fsp3) is 0.842. The van der Waals surface area contributed by atoms with Gasteiger partial charge >= 0.3 is 17.9 Å². The normalized spacial score (nSPS) is 12.2. The van der Waals surface area contributed by atoms with Crippen LogP contribution in [0.3, 0.4) is 0 Å². The van der Waals surface area contributed by atoms with Crippen LogP contribution in [0.1, 0.15) is 290 Å². The lowest BCUT2D eigenvalue weighted by atomic mass is 10.0. The molecule has 0 aromatic rings. The van der Waals surface area contributed by atoms with Gasteiger partial charge in [-0.25, -0.2) is 0 Å². The van der Waals surface area contributed by atoms with E-state index in [0.29, 0.717) is 19.3 Å². The summed E-state index contributed by atoms with van der Waals surface area (Å²) in [6.45, 7) is 6.62. The first-order valence-corrected chi connectivity index (χ1v) is 27.5. The molecule has 0 aromatic carbocycles. The summed E-state index contributed by atoms with van der Waals surface area (Å²) < 4.78 is 16.8. The van der Waals surface area contributed by atoms with Gasteiger partial charge in [-0.2, -0.15) is 0 Å². The second kappa shape index (κ2) is 52.3. The Bertz CT molecular complexity index is 1060. The molecule has 0 aromatic heterocycles. The van der Waals surface area contributed by atoms with Crippen LogP contribution in [-0.2, 0) is 28.6 Å². The minimum atomic E-state index is -0.779. The fourth-order valence-electron chi connectivity index (χ4n) is 7.94. The lowest BCUT2D eigenvalue weighted by Gasteiger charge is -2.18. The molecule has 0 heterocycles. The molecular formula is C57H104O6. The second-order valence-corrected chi connectivity index (χ2v) is 18.5. The van der Waals surface area contributed by atoms with E-state index in [1.54, 1.807) is 0 Å². The molecule has 0 saturated carbocycles. The van der Waals surface area contributed by atoms with Crippen LogP contribution < -0.4 is 0 Å². The predicted octanol–water partition coefficient (Wildman–Crippen LogP) is 18.1. The van der Waals surface area contributed by atoms with Crippen LogP contribution in [0.25, 0.3) is 0 Å². The molecule has 0 aliphatic rings. The van der Waals surface area contributed by atoms with E-state index >= 15 is 0 Å². The van der Waals surface area contributed by atoms with Gasteiger partial charge in [-0.05, 0) is 77.0 Å². The maximum Gasteiger partial charge on any atom is 0.306 e. The van der Waals surface area contributed by atoms with Crippen molar-refractivity contribution in [3.63, 3.8) is 0 Å². The van der Waals surface area contributed by atoms with Crippen molar-refractivity contribution < 1.29 is 28.6 Å². The number of esters is 3. The first-order valence-electron chi connectivity index (χ1n) is 27.5. The fourth-order valence-corrected chi connectivity index (χ4v) is 7.94. The van der Waals surface area contributed by atoms with E-state index in [-0.39, 0.29) is 31.1 Å². The zero-order valence-corrected chi connectivity index (χ0v) is 42.1. The minimum Gasteiger partial charge on any atom is -0.462 e. The Kier molecular flexibility index (Phi) is 50.3. The van der Waals surface area contributed by atoms with Gasteiger partial charge < -0.3 is 14.2 Å². The molecule has 0 aliphatic heterocycles. The van der Waals surface area contributed by atoms with Gasteiger partial charge in [-0.1, -0.05) is 231 Å². The molecule has 0 amide bonds. The zero-order chi connectivity index (χ0) is 45.8. The Morgan fingerprint density at radius 3 is 0.921 bits per heavy atom. The highest BCUT2D eigenvalue weighted by atomic mass is 16.6. The van der Waals surface area contributed by atoms with Crippen LogP contribution in [0, 0.1) is 0 Å². The van der Waals surface area contributed by atoms with Crippen molar-refractivity contribution in [2.75, 3.05) is 13.2 Å². The number of carbonyl (C=O) groups excluding carboxylic acids is 3. The predicted molar refractivity (Wildman–Crippen MR) is 270 cm³/mol. The first kappa shape index (κ1) is 60.6. The summed E-state index contributed by atoms with van der Waals surface area (Å²) in [6.07, 6.45) is 61.2. The summed E-state index contributed by atoms with van der Waals surface area (Å²) in [4.78, 5) is 38.0. The van der Waals surface area contributed by atoms with E-state index in [2.05, 4.69) is 57.2 Å². The largest absolute Gasteiger partial charge is 0.462 e. The lowest BCUT2D eigenvalue weighted by molar-refractivity contribution is -0.167. The second-order valence-electron chi connectivity index (χ2n) is 18.5. The Hall–Kier alpha value is -2.37. The Morgan fingerprint density at radius 1 is 0.317 bits per heavy atom. The Morgan fingerprint density at radius 2 is 0.571 bits per heavy atom. The average Bonchev–Trinajstić information content (AvgIpc) is 3.28. The van der Waals surface area contributed by atoms with Crippen LogP contribution in [0.2, 0.25) is 0 Å². The molecule has 0 N–H and O–H groups in total. The van der Waals surface area contributed by atoms with Gasteiger partial charge in [0.05, 0.1) is 0 Å². The molecule has 0 radical (unpaired) electrons. The molecule has 63 heavy (non-hydrogen) atoms. The van der Waals surface area contributed by atoms with Crippen molar-refractivity contribution in [2.24, 2.45) is 0 Å². The van der Waals surface area contributed by atoms with E-state index < -0.39 is 6.10 Å². The zero-order valence-electron chi connectivity index (χ0n) is 42.1. The summed E-state index contributed by atoms with van der Waals surface area (Å²) >= 11 is 0. The number of rotatable bonds is 50. The molecule has 0 bridgehead atoms. The van der Waals surface area contributed by atoms with Crippen molar-refractivity contribution in [1.29, 1.82) is 0 Å². The number of allylic oxidation sites excluding steroid dienone is 6. The van der Waals surface area contributed by atoms with Crippen molar-refractivity contribution in [3.05, 3.63) is 36.5 Å². The monoisotopic (exact) mass is 885 g/mol. The van der Waals surface area contributed by atoms with Crippen LogP contribution in [0.4, 0.5) is 0 Å². The van der Waals surface area contributed by atoms with Crippen molar-refractivity contribution >= 4 is 17.9 Å². The van der Waals surface area contributed by atoms with Gasteiger partial charge in [0.1, 0.15) is 13.2 Å². The summed E-state index contributed by atoms with van der Waals surface area (Å²) in [5.74, 6) is -0.886. The van der Waals surface area contributed by atoms with Gasteiger partial charge in [0.2, 0.25) is 0 Å². The Labute approximate surface area is 391 Å². The standard InChI is InChI=1S/C57H104O6/c1-4-7-10-13-16-19-22-25-28-31-34-37-40-43-46-49-55(58)61-52-54(63-57(60)51-48-45-42-39-36-33-30-27-24-21-18-15-12-9-6-3)53-62-56(59)50-47-44-41-38-35-32-29-26-23-20-17-14-11-8-5-2/h18,21,25,27-28,30,54H,4-17,19-20,22-24,26,29,31-53H2,1-3H3/b21-18-,28-25-,30-27?/t54-/m0/s1. The van der Waals surface area contributed by atoms with E-state index in [4.69, 9.17) is 14.2 Å².